The Bertz CT molecular complexity index is 1130. The van der Waals surface area contributed by atoms with E-state index in [4.69, 9.17) is 19.9 Å². The molecule has 2 aromatic carbocycles. The van der Waals surface area contributed by atoms with Crippen molar-refractivity contribution in [2.45, 2.75) is 6.42 Å². The number of aromatic nitrogens is 2. The highest BCUT2D eigenvalue weighted by atomic mass is 16.5. The average molecular weight is 467 g/mol. The molecule has 10 heteroatoms. The molecular formula is C24H30N6O4. The second-order valence-electron chi connectivity index (χ2n) is 7.85. The number of methoxy groups -OCH3 is 2. The number of ether oxygens (including phenoxy) is 3. The van der Waals surface area contributed by atoms with Crippen molar-refractivity contribution in [3.8, 4) is 22.9 Å². The van der Waals surface area contributed by atoms with Gasteiger partial charge in [0.05, 0.1) is 33.0 Å². The third-order valence-corrected chi connectivity index (χ3v) is 5.63. The minimum atomic E-state index is -0.0293. The lowest BCUT2D eigenvalue weighted by atomic mass is 10.1. The monoisotopic (exact) mass is 466 g/mol. The van der Waals surface area contributed by atoms with Crippen LogP contribution in [0.3, 0.4) is 0 Å². The van der Waals surface area contributed by atoms with Crippen LogP contribution in [-0.4, -0.2) is 74.5 Å². The zero-order valence-corrected chi connectivity index (χ0v) is 19.5. The SMILES string of the molecule is COc1cc2nc(-c3ccc(NCCCNC(=O)N4CCOCC4)cc3)nc(N)c2cc1OC. The predicted octanol–water partition coefficient (Wildman–Crippen LogP) is 2.74. The molecule has 1 aliphatic heterocycles. The van der Waals surface area contributed by atoms with Gasteiger partial charge in [-0.2, -0.15) is 0 Å². The minimum Gasteiger partial charge on any atom is -0.493 e. The van der Waals surface area contributed by atoms with Gasteiger partial charge in [0.2, 0.25) is 0 Å². The van der Waals surface area contributed by atoms with Crippen molar-refractivity contribution in [2.75, 3.05) is 64.7 Å². The summed E-state index contributed by atoms with van der Waals surface area (Å²) in [6.07, 6.45) is 0.813. The fraction of sp³-hybridized carbons (Fsp3) is 0.375. The molecule has 0 spiro atoms. The standard InChI is InChI=1S/C24H30N6O4/c1-32-20-14-18-19(15-21(20)33-2)28-23(29-22(18)25)16-4-6-17(7-5-16)26-8-3-9-27-24(31)30-10-12-34-13-11-30/h4-7,14-15,26H,3,8-13H2,1-2H3,(H,27,31)(H2,25,28,29). The van der Waals surface area contributed by atoms with Crippen LogP contribution in [0.1, 0.15) is 6.42 Å². The number of anilines is 2. The quantitative estimate of drug-likeness (QED) is 0.433. The van der Waals surface area contributed by atoms with Gasteiger partial charge in [0.1, 0.15) is 5.82 Å². The van der Waals surface area contributed by atoms with Crippen molar-refractivity contribution in [1.29, 1.82) is 0 Å². The lowest BCUT2D eigenvalue weighted by Crippen LogP contribution is -2.46. The summed E-state index contributed by atoms with van der Waals surface area (Å²) in [5, 5.41) is 7.02. The van der Waals surface area contributed by atoms with E-state index in [0.29, 0.717) is 66.9 Å². The second kappa shape index (κ2) is 10.9. The summed E-state index contributed by atoms with van der Waals surface area (Å²) in [7, 11) is 3.16. The van der Waals surface area contributed by atoms with E-state index in [1.807, 2.05) is 24.3 Å². The van der Waals surface area contributed by atoms with Crippen molar-refractivity contribution >= 4 is 28.4 Å². The number of nitrogens with two attached hydrogens (primary N) is 1. The van der Waals surface area contributed by atoms with Crippen LogP contribution >= 0.6 is 0 Å². The molecule has 10 nitrogen and oxygen atoms in total. The Balaban J connectivity index is 1.33. The van der Waals surface area contributed by atoms with Crippen molar-refractivity contribution in [2.24, 2.45) is 0 Å². The van der Waals surface area contributed by atoms with Gasteiger partial charge in [0.15, 0.2) is 17.3 Å². The fourth-order valence-corrected chi connectivity index (χ4v) is 3.74. The molecule has 1 aliphatic rings. The van der Waals surface area contributed by atoms with E-state index in [-0.39, 0.29) is 6.03 Å². The van der Waals surface area contributed by atoms with Crippen LogP contribution in [0.5, 0.6) is 11.5 Å². The molecular weight excluding hydrogens is 436 g/mol. The summed E-state index contributed by atoms with van der Waals surface area (Å²) >= 11 is 0. The first-order valence-electron chi connectivity index (χ1n) is 11.2. The molecule has 1 fully saturated rings. The van der Waals surface area contributed by atoms with Gasteiger partial charge in [-0.15, -0.1) is 0 Å². The maximum Gasteiger partial charge on any atom is 0.317 e. The summed E-state index contributed by atoms with van der Waals surface area (Å²) in [5.74, 6) is 2.07. The zero-order valence-electron chi connectivity index (χ0n) is 19.5. The average Bonchev–Trinajstić information content (AvgIpc) is 2.88. The maximum atomic E-state index is 12.1. The highest BCUT2D eigenvalue weighted by molar-refractivity contribution is 5.92. The lowest BCUT2D eigenvalue weighted by molar-refractivity contribution is 0.0532. The molecule has 0 atom stereocenters. The summed E-state index contributed by atoms with van der Waals surface area (Å²) in [6, 6.07) is 11.4. The van der Waals surface area contributed by atoms with Crippen LogP contribution in [0.4, 0.5) is 16.3 Å². The van der Waals surface area contributed by atoms with Gasteiger partial charge in [-0.3, -0.25) is 0 Å². The zero-order chi connectivity index (χ0) is 23.9. The number of hydrogen-bond acceptors (Lipinski definition) is 8. The number of hydrogen-bond donors (Lipinski definition) is 3. The number of nitrogen functional groups attached to an aromatic ring is 1. The van der Waals surface area contributed by atoms with Crippen LogP contribution in [0.2, 0.25) is 0 Å². The van der Waals surface area contributed by atoms with E-state index < -0.39 is 0 Å². The highest BCUT2D eigenvalue weighted by Crippen LogP contribution is 2.34. The molecule has 1 saturated heterocycles. The molecule has 0 radical (unpaired) electrons. The number of benzene rings is 2. The second-order valence-corrected chi connectivity index (χ2v) is 7.85. The van der Waals surface area contributed by atoms with Crippen molar-refractivity contribution < 1.29 is 19.0 Å². The smallest absolute Gasteiger partial charge is 0.317 e. The van der Waals surface area contributed by atoms with Crippen LogP contribution in [0.25, 0.3) is 22.3 Å². The van der Waals surface area contributed by atoms with Crippen LogP contribution in [0.15, 0.2) is 36.4 Å². The van der Waals surface area contributed by atoms with Gasteiger partial charge < -0.3 is 35.5 Å². The first kappa shape index (κ1) is 23.4. The summed E-state index contributed by atoms with van der Waals surface area (Å²) in [5.41, 5.74) is 8.71. The van der Waals surface area contributed by atoms with E-state index in [2.05, 4.69) is 20.6 Å². The molecule has 0 unspecified atom stereocenters. The lowest BCUT2D eigenvalue weighted by Gasteiger charge is -2.26. The number of nitrogens with zero attached hydrogens (tertiary/aromatic N) is 3. The predicted molar refractivity (Wildman–Crippen MR) is 131 cm³/mol. The molecule has 34 heavy (non-hydrogen) atoms. The Hall–Kier alpha value is -3.79. The number of rotatable bonds is 8. The number of nitrogens with one attached hydrogen (secondary N) is 2. The third kappa shape index (κ3) is 5.40. The van der Waals surface area contributed by atoms with Gasteiger partial charge in [0.25, 0.3) is 0 Å². The van der Waals surface area contributed by atoms with Gasteiger partial charge in [0, 0.05) is 48.9 Å². The normalized spacial score (nSPS) is 13.5. The van der Waals surface area contributed by atoms with Crippen molar-refractivity contribution in [3.63, 3.8) is 0 Å². The van der Waals surface area contributed by atoms with E-state index in [9.17, 15) is 4.79 Å². The number of fused-ring (bicyclic) bond motifs is 1. The Morgan fingerprint density at radius 3 is 2.47 bits per heavy atom. The molecule has 4 rings (SSSR count). The van der Waals surface area contributed by atoms with E-state index in [1.54, 1.807) is 31.3 Å². The molecule has 2 amide bonds. The van der Waals surface area contributed by atoms with Gasteiger partial charge >= 0.3 is 6.03 Å². The van der Waals surface area contributed by atoms with Crippen LogP contribution in [-0.2, 0) is 4.74 Å². The van der Waals surface area contributed by atoms with Crippen LogP contribution in [0, 0.1) is 0 Å². The van der Waals surface area contributed by atoms with E-state index >= 15 is 0 Å². The van der Waals surface area contributed by atoms with Crippen molar-refractivity contribution in [3.05, 3.63) is 36.4 Å². The minimum absolute atomic E-state index is 0.0293. The number of carbonyl (C=O) groups is 1. The highest BCUT2D eigenvalue weighted by Gasteiger charge is 2.16. The third-order valence-electron chi connectivity index (χ3n) is 5.63. The first-order valence-corrected chi connectivity index (χ1v) is 11.2. The number of carbonyl (C=O) groups excluding carboxylic acids is 1. The molecule has 0 saturated carbocycles. The Morgan fingerprint density at radius 1 is 1.06 bits per heavy atom. The molecule has 1 aromatic heterocycles. The van der Waals surface area contributed by atoms with E-state index in [0.717, 1.165) is 24.2 Å². The molecule has 2 heterocycles. The Kier molecular flexibility index (Phi) is 7.48. The number of urea groups is 1. The van der Waals surface area contributed by atoms with Gasteiger partial charge in [-0.25, -0.2) is 14.8 Å². The number of amides is 2. The maximum absolute atomic E-state index is 12.1. The summed E-state index contributed by atoms with van der Waals surface area (Å²) in [4.78, 5) is 23.0. The van der Waals surface area contributed by atoms with Crippen LogP contribution < -0.4 is 25.8 Å². The Labute approximate surface area is 198 Å². The fourth-order valence-electron chi connectivity index (χ4n) is 3.74. The molecule has 4 N–H and O–H groups in total. The number of morpholine rings is 1. The largest absolute Gasteiger partial charge is 0.493 e. The topological polar surface area (TPSA) is 124 Å². The molecule has 0 aliphatic carbocycles. The Morgan fingerprint density at radius 2 is 1.76 bits per heavy atom. The molecule has 180 valence electrons. The van der Waals surface area contributed by atoms with Gasteiger partial charge in [-0.05, 0) is 36.8 Å². The van der Waals surface area contributed by atoms with E-state index in [1.165, 1.54) is 0 Å². The molecule has 0 bridgehead atoms. The van der Waals surface area contributed by atoms with Crippen molar-refractivity contribution in [1.82, 2.24) is 20.2 Å². The summed E-state index contributed by atoms with van der Waals surface area (Å²) < 4.78 is 16.0. The summed E-state index contributed by atoms with van der Waals surface area (Å²) in [6.45, 7) is 3.84. The van der Waals surface area contributed by atoms with Gasteiger partial charge in [-0.1, -0.05) is 0 Å². The first-order chi connectivity index (χ1) is 16.6. The molecule has 3 aromatic rings.